The van der Waals surface area contributed by atoms with Crippen molar-refractivity contribution in [2.45, 2.75) is 51.1 Å². The van der Waals surface area contributed by atoms with E-state index in [1.165, 1.54) is 38.6 Å². The van der Waals surface area contributed by atoms with Crippen molar-refractivity contribution in [2.75, 3.05) is 6.54 Å². The lowest BCUT2D eigenvalue weighted by Gasteiger charge is -2.32. The summed E-state index contributed by atoms with van der Waals surface area (Å²) in [5.41, 5.74) is 0. The van der Waals surface area contributed by atoms with Crippen LogP contribution in [0.1, 0.15) is 39.0 Å². The summed E-state index contributed by atoms with van der Waals surface area (Å²) < 4.78 is 0. The predicted molar refractivity (Wildman–Crippen MR) is 43.0 cm³/mol. The van der Waals surface area contributed by atoms with Gasteiger partial charge in [-0.05, 0) is 39.2 Å². The molecule has 2 aliphatic rings. The van der Waals surface area contributed by atoms with Gasteiger partial charge in [0.25, 0.3) is 0 Å². The van der Waals surface area contributed by atoms with Crippen LogP contribution in [-0.4, -0.2) is 23.5 Å². The van der Waals surface area contributed by atoms with E-state index in [1.807, 2.05) is 0 Å². The Labute approximate surface area is 63.4 Å². The molecule has 10 heavy (non-hydrogen) atoms. The van der Waals surface area contributed by atoms with Gasteiger partial charge in [-0.3, -0.25) is 4.90 Å². The second-order valence-electron chi connectivity index (χ2n) is 3.81. The van der Waals surface area contributed by atoms with Gasteiger partial charge in [-0.2, -0.15) is 0 Å². The summed E-state index contributed by atoms with van der Waals surface area (Å²) in [6.07, 6.45) is 7.32. The third kappa shape index (κ3) is 0.968. The molecule has 2 heterocycles. The molecule has 2 rings (SSSR count). The maximum atomic E-state index is 2.71. The highest BCUT2D eigenvalue weighted by Crippen LogP contribution is 2.30. The van der Waals surface area contributed by atoms with Gasteiger partial charge in [0.05, 0.1) is 0 Å². The molecule has 2 aliphatic heterocycles. The lowest BCUT2D eigenvalue weighted by Crippen LogP contribution is -2.38. The van der Waals surface area contributed by atoms with Gasteiger partial charge in [-0.1, -0.05) is 6.42 Å². The molecule has 2 fully saturated rings. The fourth-order valence-corrected chi connectivity index (χ4v) is 2.51. The second kappa shape index (κ2) is 2.54. The largest absolute Gasteiger partial charge is 0.298 e. The van der Waals surface area contributed by atoms with Gasteiger partial charge in [0.2, 0.25) is 0 Å². The zero-order chi connectivity index (χ0) is 6.97. The van der Waals surface area contributed by atoms with Gasteiger partial charge in [0.15, 0.2) is 0 Å². The summed E-state index contributed by atoms with van der Waals surface area (Å²) >= 11 is 0. The van der Waals surface area contributed by atoms with E-state index in [9.17, 15) is 0 Å². The summed E-state index contributed by atoms with van der Waals surface area (Å²) in [6.45, 7) is 3.76. The minimum Gasteiger partial charge on any atom is -0.298 e. The molecule has 1 nitrogen and oxygen atoms in total. The molecule has 0 N–H and O–H groups in total. The van der Waals surface area contributed by atoms with Crippen LogP contribution in [0.25, 0.3) is 0 Å². The number of hydrogen-bond donors (Lipinski definition) is 0. The Balaban J connectivity index is 2.01. The Morgan fingerprint density at radius 2 is 2.00 bits per heavy atom. The maximum absolute atomic E-state index is 2.71. The van der Waals surface area contributed by atoms with Gasteiger partial charge < -0.3 is 0 Å². The van der Waals surface area contributed by atoms with E-state index >= 15 is 0 Å². The molecule has 0 unspecified atom stereocenters. The number of rotatable bonds is 0. The van der Waals surface area contributed by atoms with Crippen LogP contribution in [0.15, 0.2) is 0 Å². The van der Waals surface area contributed by atoms with Crippen LogP contribution in [0.4, 0.5) is 0 Å². The number of piperidine rings is 1. The molecule has 0 saturated carbocycles. The monoisotopic (exact) mass is 139 g/mol. The first kappa shape index (κ1) is 6.66. The first-order chi connectivity index (χ1) is 4.88. The summed E-state index contributed by atoms with van der Waals surface area (Å²) in [6, 6.07) is 1.87. The molecule has 0 bridgehead atoms. The Hall–Kier alpha value is -0.0400. The summed E-state index contributed by atoms with van der Waals surface area (Å²) in [4.78, 5) is 2.71. The normalized spacial score (nSPS) is 41.7. The van der Waals surface area contributed by atoms with Crippen LogP contribution in [0.3, 0.4) is 0 Å². The minimum atomic E-state index is 0.894. The predicted octanol–water partition coefficient (Wildman–Crippen LogP) is 2.02. The number of fused-ring (bicyclic) bond motifs is 1. The topological polar surface area (TPSA) is 3.24 Å². The highest BCUT2D eigenvalue weighted by molar-refractivity contribution is 4.87. The zero-order valence-electron chi connectivity index (χ0n) is 6.84. The molecule has 0 aromatic carbocycles. The number of nitrogens with zero attached hydrogens (tertiary/aromatic N) is 1. The molecule has 0 amide bonds. The lowest BCUT2D eigenvalue weighted by molar-refractivity contribution is 0.158. The van der Waals surface area contributed by atoms with Crippen molar-refractivity contribution in [3.63, 3.8) is 0 Å². The maximum Gasteiger partial charge on any atom is 0.00986 e. The van der Waals surface area contributed by atoms with E-state index in [-0.39, 0.29) is 0 Å². The molecule has 2 atom stereocenters. The van der Waals surface area contributed by atoms with E-state index in [4.69, 9.17) is 0 Å². The molecule has 0 aliphatic carbocycles. The highest BCUT2D eigenvalue weighted by Gasteiger charge is 2.31. The average molecular weight is 139 g/mol. The SMILES string of the molecule is C[C@H]1CC[C@H]2CCCCN21. The van der Waals surface area contributed by atoms with Crippen LogP contribution in [0.5, 0.6) is 0 Å². The van der Waals surface area contributed by atoms with Gasteiger partial charge >= 0.3 is 0 Å². The molecule has 0 aromatic rings. The average Bonchev–Trinajstić information content (AvgIpc) is 2.34. The summed E-state index contributed by atoms with van der Waals surface area (Å²) in [5.74, 6) is 0. The van der Waals surface area contributed by atoms with Crippen molar-refractivity contribution in [3.8, 4) is 0 Å². The molecule has 58 valence electrons. The third-order valence-corrected chi connectivity index (χ3v) is 3.16. The van der Waals surface area contributed by atoms with Crippen molar-refractivity contribution in [3.05, 3.63) is 0 Å². The van der Waals surface area contributed by atoms with Crippen LogP contribution in [0.2, 0.25) is 0 Å². The van der Waals surface area contributed by atoms with Crippen molar-refractivity contribution in [1.29, 1.82) is 0 Å². The van der Waals surface area contributed by atoms with E-state index in [0.29, 0.717) is 0 Å². The van der Waals surface area contributed by atoms with E-state index in [0.717, 1.165) is 12.1 Å². The van der Waals surface area contributed by atoms with Crippen molar-refractivity contribution in [1.82, 2.24) is 4.90 Å². The van der Waals surface area contributed by atoms with Crippen molar-refractivity contribution < 1.29 is 0 Å². The Morgan fingerprint density at radius 3 is 2.80 bits per heavy atom. The Morgan fingerprint density at radius 1 is 1.10 bits per heavy atom. The first-order valence-corrected chi connectivity index (χ1v) is 4.63. The fraction of sp³-hybridized carbons (Fsp3) is 1.00. The molecular formula is C9H17N. The Bertz CT molecular complexity index is 120. The highest BCUT2D eigenvalue weighted by atomic mass is 15.2. The smallest absolute Gasteiger partial charge is 0.00986 e. The lowest BCUT2D eigenvalue weighted by atomic mass is 10.0. The quantitative estimate of drug-likeness (QED) is 0.496. The standard InChI is InChI=1S/C9H17N/c1-8-5-6-9-4-2-3-7-10(8)9/h8-9H,2-7H2,1H3/t8-,9+/m0/s1. The molecule has 1 heteroatoms. The van der Waals surface area contributed by atoms with Crippen LogP contribution < -0.4 is 0 Å². The molecule has 2 saturated heterocycles. The summed E-state index contributed by atoms with van der Waals surface area (Å²) in [7, 11) is 0. The van der Waals surface area contributed by atoms with Crippen LogP contribution >= 0.6 is 0 Å². The van der Waals surface area contributed by atoms with E-state index in [1.54, 1.807) is 0 Å². The molecular weight excluding hydrogens is 122 g/mol. The molecule has 0 radical (unpaired) electrons. The fourth-order valence-electron chi connectivity index (χ4n) is 2.51. The van der Waals surface area contributed by atoms with Gasteiger partial charge in [0.1, 0.15) is 0 Å². The van der Waals surface area contributed by atoms with Crippen molar-refractivity contribution >= 4 is 0 Å². The third-order valence-electron chi connectivity index (χ3n) is 3.16. The van der Waals surface area contributed by atoms with Crippen molar-refractivity contribution in [2.24, 2.45) is 0 Å². The van der Waals surface area contributed by atoms with Gasteiger partial charge in [-0.25, -0.2) is 0 Å². The summed E-state index contributed by atoms with van der Waals surface area (Å²) in [5, 5.41) is 0. The van der Waals surface area contributed by atoms with Gasteiger partial charge in [-0.15, -0.1) is 0 Å². The second-order valence-corrected chi connectivity index (χ2v) is 3.81. The number of hydrogen-bond acceptors (Lipinski definition) is 1. The van der Waals surface area contributed by atoms with Crippen LogP contribution in [0, 0.1) is 0 Å². The Kier molecular flexibility index (Phi) is 1.69. The van der Waals surface area contributed by atoms with Crippen LogP contribution in [-0.2, 0) is 0 Å². The van der Waals surface area contributed by atoms with E-state index in [2.05, 4.69) is 11.8 Å². The minimum absolute atomic E-state index is 0.894. The zero-order valence-corrected chi connectivity index (χ0v) is 6.84. The molecule has 0 spiro atoms. The van der Waals surface area contributed by atoms with E-state index < -0.39 is 0 Å². The first-order valence-electron chi connectivity index (χ1n) is 4.63. The van der Waals surface area contributed by atoms with Gasteiger partial charge in [0, 0.05) is 12.1 Å². The molecule has 0 aromatic heterocycles.